The predicted octanol–water partition coefficient (Wildman–Crippen LogP) is 3.35. The van der Waals surface area contributed by atoms with Crippen LogP contribution in [-0.4, -0.2) is 18.2 Å². The first-order valence-electron chi connectivity index (χ1n) is 5.32. The Balaban J connectivity index is 3.00. The molecule has 1 aromatic carbocycles. The molecule has 1 unspecified atom stereocenters. The Bertz CT molecular complexity index is 321. The van der Waals surface area contributed by atoms with Gasteiger partial charge in [-0.15, -0.1) is 0 Å². The van der Waals surface area contributed by atoms with E-state index in [-0.39, 0.29) is 0 Å². The lowest BCUT2D eigenvalue weighted by molar-refractivity contribution is 0.198. The van der Waals surface area contributed by atoms with Crippen LogP contribution in [0.25, 0.3) is 0 Å². The summed E-state index contributed by atoms with van der Waals surface area (Å²) in [6.07, 6.45) is -0.426. The highest BCUT2D eigenvalue weighted by atomic mass is 79.9. The Kier molecular flexibility index (Phi) is 4.61. The lowest BCUT2D eigenvalue weighted by atomic mass is 10.1. The quantitative estimate of drug-likeness (QED) is 0.908. The average molecular weight is 272 g/mol. The fourth-order valence-corrected chi connectivity index (χ4v) is 2.34. The van der Waals surface area contributed by atoms with Gasteiger partial charge in [-0.3, -0.25) is 0 Å². The van der Waals surface area contributed by atoms with E-state index in [1.807, 2.05) is 6.07 Å². The summed E-state index contributed by atoms with van der Waals surface area (Å²) >= 11 is 3.49. The third kappa shape index (κ3) is 2.95. The van der Waals surface area contributed by atoms with Gasteiger partial charge in [-0.05, 0) is 38.5 Å². The number of nitrogens with zero attached hydrogens (tertiary/aromatic N) is 1. The van der Waals surface area contributed by atoms with Crippen LogP contribution in [0.5, 0.6) is 0 Å². The summed E-state index contributed by atoms with van der Waals surface area (Å²) < 4.78 is 0.974. The molecule has 0 amide bonds. The molecule has 84 valence electrons. The molecular formula is C12H18BrNO. The van der Waals surface area contributed by atoms with Gasteiger partial charge in [0.05, 0.1) is 6.10 Å². The molecule has 1 aromatic rings. The molecule has 1 N–H and O–H groups in total. The molecule has 0 aliphatic rings. The van der Waals surface area contributed by atoms with Gasteiger partial charge in [-0.2, -0.15) is 0 Å². The van der Waals surface area contributed by atoms with Crippen molar-refractivity contribution in [1.82, 2.24) is 0 Å². The highest BCUT2D eigenvalue weighted by Gasteiger charge is 2.08. The number of aliphatic hydroxyl groups is 1. The van der Waals surface area contributed by atoms with Crippen molar-refractivity contribution in [2.24, 2.45) is 0 Å². The molecule has 15 heavy (non-hydrogen) atoms. The van der Waals surface area contributed by atoms with Crippen molar-refractivity contribution in [3.05, 3.63) is 28.2 Å². The van der Waals surface area contributed by atoms with Crippen molar-refractivity contribution >= 4 is 21.6 Å². The fraction of sp³-hybridized carbons (Fsp3) is 0.500. The molecule has 0 aromatic heterocycles. The second kappa shape index (κ2) is 5.52. The van der Waals surface area contributed by atoms with E-state index < -0.39 is 6.10 Å². The minimum Gasteiger partial charge on any atom is -0.389 e. The van der Waals surface area contributed by atoms with E-state index in [0.717, 1.165) is 23.1 Å². The van der Waals surface area contributed by atoms with Gasteiger partial charge in [0.15, 0.2) is 0 Å². The van der Waals surface area contributed by atoms with Gasteiger partial charge in [0.2, 0.25) is 0 Å². The molecular weight excluding hydrogens is 254 g/mol. The molecule has 0 aliphatic carbocycles. The largest absolute Gasteiger partial charge is 0.389 e. The Morgan fingerprint density at radius 2 is 1.93 bits per heavy atom. The molecule has 0 fully saturated rings. The van der Waals surface area contributed by atoms with E-state index in [1.165, 1.54) is 5.69 Å². The number of hydrogen-bond acceptors (Lipinski definition) is 2. The van der Waals surface area contributed by atoms with Crippen LogP contribution in [0.1, 0.15) is 32.4 Å². The van der Waals surface area contributed by atoms with E-state index in [0.29, 0.717) is 0 Å². The molecule has 1 atom stereocenters. The number of benzene rings is 1. The molecule has 0 saturated carbocycles. The predicted molar refractivity (Wildman–Crippen MR) is 68.3 cm³/mol. The lowest BCUT2D eigenvalue weighted by Gasteiger charge is -2.22. The highest BCUT2D eigenvalue weighted by Crippen LogP contribution is 2.28. The summed E-state index contributed by atoms with van der Waals surface area (Å²) in [4.78, 5) is 2.27. The standard InChI is InChI=1S/C12H18BrNO/c1-4-14(5-2)10-6-7-11(9(3)15)12(13)8-10/h6-9,15H,4-5H2,1-3H3. The van der Waals surface area contributed by atoms with E-state index in [1.54, 1.807) is 6.92 Å². The number of hydrogen-bond donors (Lipinski definition) is 1. The summed E-state index contributed by atoms with van der Waals surface area (Å²) in [5, 5.41) is 9.50. The molecule has 0 aliphatic heterocycles. The number of aliphatic hydroxyl groups excluding tert-OH is 1. The topological polar surface area (TPSA) is 23.5 Å². The van der Waals surface area contributed by atoms with Crippen molar-refractivity contribution < 1.29 is 5.11 Å². The third-order valence-corrected chi connectivity index (χ3v) is 3.25. The molecule has 0 heterocycles. The number of halogens is 1. The normalized spacial score (nSPS) is 12.6. The van der Waals surface area contributed by atoms with Crippen LogP contribution in [0.2, 0.25) is 0 Å². The van der Waals surface area contributed by atoms with E-state index in [4.69, 9.17) is 0 Å². The van der Waals surface area contributed by atoms with Crippen LogP contribution in [-0.2, 0) is 0 Å². The first-order chi connectivity index (χ1) is 7.10. The molecule has 0 bridgehead atoms. The van der Waals surface area contributed by atoms with Crippen molar-refractivity contribution in [3.8, 4) is 0 Å². The molecule has 0 saturated heterocycles. The van der Waals surface area contributed by atoms with Crippen LogP contribution < -0.4 is 4.90 Å². The Labute approximate surface area is 100 Å². The van der Waals surface area contributed by atoms with E-state index >= 15 is 0 Å². The number of rotatable bonds is 4. The summed E-state index contributed by atoms with van der Waals surface area (Å²) in [6, 6.07) is 6.09. The Morgan fingerprint density at radius 1 is 1.33 bits per heavy atom. The zero-order chi connectivity index (χ0) is 11.4. The van der Waals surface area contributed by atoms with Crippen molar-refractivity contribution in [2.45, 2.75) is 26.9 Å². The molecule has 0 radical (unpaired) electrons. The van der Waals surface area contributed by atoms with E-state index in [9.17, 15) is 5.11 Å². The van der Waals surface area contributed by atoms with Gasteiger partial charge < -0.3 is 10.0 Å². The monoisotopic (exact) mass is 271 g/mol. The van der Waals surface area contributed by atoms with Crippen LogP contribution >= 0.6 is 15.9 Å². The van der Waals surface area contributed by atoms with Crippen LogP contribution in [0, 0.1) is 0 Å². The van der Waals surface area contributed by atoms with Crippen LogP contribution in [0.15, 0.2) is 22.7 Å². The molecule has 2 nitrogen and oxygen atoms in total. The van der Waals surface area contributed by atoms with E-state index in [2.05, 4.69) is 46.8 Å². The molecule has 1 rings (SSSR count). The summed E-state index contributed by atoms with van der Waals surface area (Å²) in [6.45, 7) is 8.05. The van der Waals surface area contributed by atoms with Crippen LogP contribution in [0.4, 0.5) is 5.69 Å². The minimum atomic E-state index is -0.426. The SMILES string of the molecule is CCN(CC)c1ccc(C(C)O)c(Br)c1. The second-order valence-electron chi connectivity index (χ2n) is 3.55. The van der Waals surface area contributed by atoms with Gasteiger partial charge in [-0.25, -0.2) is 0 Å². The van der Waals surface area contributed by atoms with Gasteiger partial charge in [0, 0.05) is 23.2 Å². The van der Waals surface area contributed by atoms with Crippen LogP contribution in [0.3, 0.4) is 0 Å². The van der Waals surface area contributed by atoms with Crippen molar-refractivity contribution in [2.75, 3.05) is 18.0 Å². The summed E-state index contributed by atoms with van der Waals surface area (Å²) in [5.41, 5.74) is 2.13. The maximum absolute atomic E-state index is 9.50. The van der Waals surface area contributed by atoms with Gasteiger partial charge in [0.25, 0.3) is 0 Å². The first kappa shape index (κ1) is 12.5. The Hall–Kier alpha value is -0.540. The minimum absolute atomic E-state index is 0.426. The van der Waals surface area contributed by atoms with Gasteiger partial charge >= 0.3 is 0 Å². The highest BCUT2D eigenvalue weighted by molar-refractivity contribution is 9.10. The summed E-state index contributed by atoms with van der Waals surface area (Å²) in [7, 11) is 0. The maximum atomic E-state index is 9.50. The maximum Gasteiger partial charge on any atom is 0.0772 e. The zero-order valence-electron chi connectivity index (χ0n) is 9.50. The average Bonchev–Trinajstić information content (AvgIpc) is 2.19. The Morgan fingerprint density at radius 3 is 2.33 bits per heavy atom. The lowest BCUT2D eigenvalue weighted by Crippen LogP contribution is -2.21. The van der Waals surface area contributed by atoms with Gasteiger partial charge in [-0.1, -0.05) is 22.0 Å². The summed E-state index contributed by atoms with van der Waals surface area (Å²) in [5.74, 6) is 0. The van der Waals surface area contributed by atoms with Gasteiger partial charge in [0.1, 0.15) is 0 Å². The van der Waals surface area contributed by atoms with Crippen molar-refractivity contribution in [3.63, 3.8) is 0 Å². The number of anilines is 1. The molecule has 3 heteroatoms. The first-order valence-corrected chi connectivity index (χ1v) is 6.11. The fourth-order valence-electron chi connectivity index (χ4n) is 1.64. The molecule has 0 spiro atoms. The van der Waals surface area contributed by atoms with Crippen molar-refractivity contribution in [1.29, 1.82) is 0 Å². The second-order valence-corrected chi connectivity index (χ2v) is 4.41. The third-order valence-electron chi connectivity index (χ3n) is 2.56. The zero-order valence-corrected chi connectivity index (χ0v) is 11.1. The smallest absolute Gasteiger partial charge is 0.0772 e.